The van der Waals surface area contributed by atoms with Gasteiger partial charge in [-0.05, 0) is 6.07 Å². The van der Waals surface area contributed by atoms with Gasteiger partial charge in [0.15, 0.2) is 0 Å². The van der Waals surface area contributed by atoms with Crippen LogP contribution in [-0.4, -0.2) is 23.3 Å². The third-order valence-corrected chi connectivity index (χ3v) is 3.23. The van der Waals surface area contributed by atoms with Crippen LogP contribution in [0.2, 0.25) is 0 Å². The number of amides is 1. The molecule has 2 rings (SSSR count). The fourth-order valence-electron chi connectivity index (χ4n) is 2.43. The lowest BCUT2D eigenvalue weighted by Gasteiger charge is -2.28. The molecule has 1 aromatic rings. The van der Waals surface area contributed by atoms with Crippen LogP contribution in [0.4, 0.5) is 5.69 Å². The normalized spacial score (nSPS) is 24.3. The van der Waals surface area contributed by atoms with E-state index in [1.165, 1.54) is 11.8 Å². The summed E-state index contributed by atoms with van der Waals surface area (Å²) in [6, 6.07) is 6.71. The molecule has 1 aromatic carbocycles. The van der Waals surface area contributed by atoms with Crippen LogP contribution in [0.15, 0.2) is 24.3 Å². The molecule has 0 fully saturated rings. The number of hydrogen-bond acceptors (Lipinski definition) is 3. The van der Waals surface area contributed by atoms with Crippen LogP contribution >= 0.6 is 0 Å². The average Bonchev–Trinajstić information content (AvgIpc) is 2.62. The number of aldehydes is 1. The minimum Gasteiger partial charge on any atom is -0.386 e. The summed E-state index contributed by atoms with van der Waals surface area (Å²) < 4.78 is 0. The van der Waals surface area contributed by atoms with Gasteiger partial charge >= 0.3 is 0 Å². The molecular weight excluding hydrogens is 218 g/mol. The van der Waals surface area contributed by atoms with E-state index in [4.69, 9.17) is 0 Å². The Hall–Kier alpha value is -1.68. The molecule has 0 aromatic heterocycles. The van der Waals surface area contributed by atoms with Crippen molar-refractivity contribution >= 4 is 17.9 Å². The number of fused-ring (bicyclic) bond motifs is 1. The van der Waals surface area contributed by atoms with E-state index in [0.717, 1.165) is 6.29 Å². The number of rotatable bonds is 2. The first kappa shape index (κ1) is 11.8. The predicted molar refractivity (Wildman–Crippen MR) is 63.6 cm³/mol. The van der Waals surface area contributed by atoms with Crippen LogP contribution in [-0.2, 0) is 9.59 Å². The first-order valence-corrected chi connectivity index (χ1v) is 5.60. The zero-order chi connectivity index (χ0) is 12.6. The lowest BCUT2D eigenvalue weighted by atomic mass is 9.96. The number of para-hydroxylation sites is 1. The molecule has 4 heteroatoms. The third kappa shape index (κ3) is 1.74. The largest absolute Gasteiger partial charge is 0.386 e. The van der Waals surface area contributed by atoms with Gasteiger partial charge in [0.25, 0.3) is 0 Å². The van der Waals surface area contributed by atoms with E-state index < -0.39 is 18.1 Å². The number of anilines is 1. The van der Waals surface area contributed by atoms with Gasteiger partial charge in [0.2, 0.25) is 5.91 Å². The van der Waals surface area contributed by atoms with E-state index in [1.807, 2.05) is 12.1 Å². The summed E-state index contributed by atoms with van der Waals surface area (Å²) in [6.07, 6.45) is -0.0225. The maximum atomic E-state index is 11.7. The van der Waals surface area contributed by atoms with E-state index in [2.05, 4.69) is 0 Å². The number of carbonyl (C=O) groups is 2. The highest BCUT2D eigenvalue weighted by molar-refractivity contribution is 5.95. The van der Waals surface area contributed by atoms with Crippen LogP contribution < -0.4 is 4.90 Å². The molecule has 0 saturated heterocycles. The Morgan fingerprint density at radius 1 is 1.47 bits per heavy atom. The lowest BCUT2D eigenvalue weighted by Crippen LogP contribution is -2.42. The van der Waals surface area contributed by atoms with Gasteiger partial charge in [-0.2, -0.15) is 0 Å². The lowest BCUT2D eigenvalue weighted by molar-refractivity contribution is -0.118. The number of aliphatic hydroxyl groups is 1. The van der Waals surface area contributed by atoms with Gasteiger partial charge in [0.05, 0.1) is 6.04 Å². The van der Waals surface area contributed by atoms with Crippen molar-refractivity contribution in [1.29, 1.82) is 0 Å². The Labute approximate surface area is 99.9 Å². The minimum atomic E-state index is -0.796. The summed E-state index contributed by atoms with van der Waals surface area (Å²) in [5.41, 5.74) is 1.41. The van der Waals surface area contributed by atoms with E-state index in [-0.39, 0.29) is 5.91 Å². The molecule has 0 spiro atoms. The number of aliphatic hydroxyl groups excluding tert-OH is 1. The van der Waals surface area contributed by atoms with Gasteiger partial charge in [0, 0.05) is 24.1 Å². The molecule has 4 nitrogen and oxygen atoms in total. The zero-order valence-corrected chi connectivity index (χ0v) is 9.83. The smallest absolute Gasteiger partial charge is 0.224 e. The fraction of sp³-hybridized carbons (Fsp3) is 0.385. The van der Waals surface area contributed by atoms with Crippen LogP contribution in [0.25, 0.3) is 0 Å². The number of nitrogens with zero attached hydrogens (tertiary/aromatic N) is 1. The SMILES string of the molecule is CC(=O)N1c2ccccc2[C@@H](O)[C@H]1[C@H](C)C=O. The van der Waals surface area contributed by atoms with Crippen molar-refractivity contribution < 1.29 is 14.7 Å². The highest BCUT2D eigenvalue weighted by Crippen LogP contribution is 2.41. The van der Waals surface area contributed by atoms with Gasteiger partial charge in [-0.25, -0.2) is 0 Å². The zero-order valence-electron chi connectivity index (χ0n) is 9.83. The topological polar surface area (TPSA) is 57.6 Å². The van der Waals surface area contributed by atoms with E-state index >= 15 is 0 Å². The van der Waals surface area contributed by atoms with Crippen LogP contribution in [0.3, 0.4) is 0 Å². The van der Waals surface area contributed by atoms with Crippen molar-refractivity contribution in [3.63, 3.8) is 0 Å². The van der Waals surface area contributed by atoms with Crippen molar-refractivity contribution in [3.8, 4) is 0 Å². The number of carbonyl (C=O) groups excluding carboxylic acids is 2. The monoisotopic (exact) mass is 233 g/mol. The Kier molecular flexibility index (Phi) is 2.98. The van der Waals surface area contributed by atoms with Crippen LogP contribution in [0.5, 0.6) is 0 Å². The summed E-state index contributed by atoms with van der Waals surface area (Å²) in [7, 11) is 0. The molecular formula is C13H15NO3. The molecule has 3 atom stereocenters. The van der Waals surface area contributed by atoms with Crippen LogP contribution in [0, 0.1) is 5.92 Å². The minimum absolute atomic E-state index is 0.160. The molecule has 1 N–H and O–H groups in total. The molecule has 0 radical (unpaired) electrons. The second kappa shape index (κ2) is 4.30. The maximum Gasteiger partial charge on any atom is 0.224 e. The summed E-state index contributed by atoms with van der Waals surface area (Å²) in [5.74, 6) is -0.561. The summed E-state index contributed by atoms with van der Waals surface area (Å²) in [6.45, 7) is 3.15. The molecule has 0 unspecified atom stereocenters. The Morgan fingerprint density at radius 3 is 2.71 bits per heavy atom. The Morgan fingerprint density at radius 2 is 2.12 bits per heavy atom. The highest BCUT2D eigenvalue weighted by Gasteiger charge is 2.42. The second-order valence-corrected chi connectivity index (χ2v) is 4.38. The molecule has 90 valence electrons. The van der Waals surface area contributed by atoms with Crippen molar-refractivity contribution in [1.82, 2.24) is 0 Å². The molecule has 1 aliphatic rings. The highest BCUT2D eigenvalue weighted by atomic mass is 16.3. The van der Waals surface area contributed by atoms with Crippen molar-refractivity contribution in [3.05, 3.63) is 29.8 Å². The molecule has 0 aliphatic carbocycles. The van der Waals surface area contributed by atoms with Gasteiger partial charge in [-0.3, -0.25) is 4.79 Å². The molecule has 17 heavy (non-hydrogen) atoms. The summed E-state index contributed by atoms with van der Waals surface area (Å²) in [5, 5.41) is 10.2. The van der Waals surface area contributed by atoms with Gasteiger partial charge in [0.1, 0.15) is 12.4 Å². The van der Waals surface area contributed by atoms with E-state index in [9.17, 15) is 14.7 Å². The summed E-state index contributed by atoms with van der Waals surface area (Å²) in [4.78, 5) is 24.1. The molecule has 0 saturated carbocycles. The molecule has 1 heterocycles. The van der Waals surface area contributed by atoms with E-state index in [0.29, 0.717) is 11.3 Å². The van der Waals surface area contributed by atoms with Gasteiger partial charge in [-0.15, -0.1) is 0 Å². The number of hydrogen-bond donors (Lipinski definition) is 1. The van der Waals surface area contributed by atoms with Crippen molar-refractivity contribution in [2.24, 2.45) is 5.92 Å². The van der Waals surface area contributed by atoms with Crippen molar-refractivity contribution in [2.45, 2.75) is 26.0 Å². The maximum absolute atomic E-state index is 11.7. The second-order valence-electron chi connectivity index (χ2n) is 4.38. The molecule has 1 aliphatic heterocycles. The summed E-state index contributed by atoms with van der Waals surface area (Å²) >= 11 is 0. The quantitative estimate of drug-likeness (QED) is 0.783. The van der Waals surface area contributed by atoms with E-state index in [1.54, 1.807) is 19.1 Å². The number of benzene rings is 1. The molecule has 0 bridgehead atoms. The molecule has 1 amide bonds. The van der Waals surface area contributed by atoms with Gasteiger partial charge < -0.3 is 14.8 Å². The fourth-order valence-corrected chi connectivity index (χ4v) is 2.43. The Balaban J connectivity index is 2.51. The van der Waals surface area contributed by atoms with Gasteiger partial charge in [-0.1, -0.05) is 25.1 Å². The Bertz CT molecular complexity index is 458. The van der Waals surface area contributed by atoms with Crippen molar-refractivity contribution in [2.75, 3.05) is 4.90 Å². The average molecular weight is 233 g/mol. The third-order valence-electron chi connectivity index (χ3n) is 3.23. The van der Waals surface area contributed by atoms with Crippen LogP contribution in [0.1, 0.15) is 25.5 Å². The first-order valence-electron chi connectivity index (χ1n) is 5.60. The standard InChI is InChI=1S/C13H15NO3/c1-8(7-15)12-13(17)10-5-3-4-6-11(10)14(12)9(2)16/h3-8,12-13,17H,1-2H3/t8-,12-,13-/m1/s1. The first-order chi connectivity index (χ1) is 8.07. The predicted octanol–water partition coefficient (Wildman–Crippen LogP) is 1.29.